The predicted molar refractivity (Wildman–Crippen MR) is 136 cm³/mol. The lowest BCUT2D eigenvalue weighted by atomic mass is 9.69. The van der Waals surface area contributed by atoms with Crippen molar-refractivity contribution >= 4 is 11.8 Å². The zero-order valence-corrected chi connectivity index (χ0v) is 21.5. The van der Waals surface area contributed by atoms with Crippen molar-refractivity contribution in [3.63, 3.8) is 0 Å². The van der Waals surface area contributed by atoms with Crippen molar-refractivity contribution in [1.82, 2.24) is 30.7 Å². The minimum atomic E-state index is -0.505. The minimum Gasteiger partial charge on any atom is -0.362 e. The third kappa shape index (κ3) is 3.86. The van der Waals surface area contributed by atoms with E-state index in [0.717, 1.165) is 85.0 Å². The number of hydrogen-bond donors (Lipinski definition) is 3. The molecule has 0 amide bonds. The Morgan fingerprint density at radius 2 is 1.74 bits per heavy atom. The maximum absolute atomic E-state index is 7.31. The van der Waals surface area contributed by atoms with Crippen molar-refractivity contribution in [2.24, 2.45) is 5.92 Å². The largest absolute Gasteiger partial charge is 0.362 e. The van der Waals surface area contributed by atoms with Gasteiger partial charge in [-0.1, -0.05) is 12.5 Å². The van der Waals surface area contributed by atoms with Crippen LogP contribution in [0.3, 0.4) is 0 Å². The van der Waals surface area contributed by atoms with Crippen LogP contribution >= 0.6 is 11.8 Å². The van der Waals surface area contributed by atoms with Gasteiger partial charge in [0.05, 0.1) is 18.6 Å². The second-order valence-electron chi connectivity index (χ2n) is 10.6. The number of piperidine rings is 1. The summed E-state index contributed by atoms with van der Waals surface area (Å²) in [7, 11) is 0. The van der Waals surface area contributed by atoms with Crippen molar-refractivity contribution in [2.45, 2.75) is 61.5 Å². The van der Waals surface area contributed by atoms with E-state index >= 15 is 0 Å². The van der Waals surface area contributed by atoms with Crippen molar-refractivity contribution in [1.29, 1.82) is 0 Å². The average Bonchev–Trinajstić information content (AvgIpc) is 3.65. The molecule has 0 radical (unpaired) electrons. The standard InChI is InChI=1S/C25H44N6O2S/c1-3-12-29(13-4-1)24(23-28-11-20-34-23)21(22-27-10-19-32-22)7-18-33-25(24,30-14-5-2-6-15-30)31-16-8-26-9-17-31/h5,14,21-23,26-28H,1-4,6-13,15-20H2. The maximum Gasteiger partial charge on any atom is 0.222 e. The van der Waals surface area contributed by atoms with Gasteiger partial charge < -0.3 is 25.0 Å². The first-order chi connectivity index (χ1) is 16.9. The van der Waals surface area contributed by atoms with Gasteiger partial charge in [-0.25, -0.2) is 0 Å². The normalized spacial score (nSPS) is 42.9. The Balaban J connectivity index is 1.56. The monoisotopic (exact) mass is 492 g/mol. The van der Waals surface area contributed by atoms with E-state index in [-0.39, 0.29) is 11.8 Å². The summed E-state index contributed by atoms with van der Waals surface area (Å²) in [5.74, 6) is 1.02. The van der Waals surface area contributed by atoms with E-state index in [0.29, 0.717) is 11.3 Å². The van der Waals surface area contributed by atoms with Crippen LogP contribution in [0.1, 0.15) is 38.5 Å². The second-order valence-corrected chi connectivity index (χ2v) is 11.8. The van der Waals surface area contributed by atoms with Crippen LogP contribution in [0.4, 0.5) is 0 Å². The molecule has 9 heteroatoms. The Morgan fingerprint density at radius 3 is 2.44 bits per heavy atom. The van der Waals surface area contributed by atoms with Crippen LogP contribution in [-0.2, 0) is 9.47 Å². The topological polar surface area (TPSA) is 64.3 Å². The van der Waals surface area contributed by atoms with Gasteiger partial charge in [-0.15, -0.1) is 11.8 Å². The molecule has 6 rings (SSSR count). The maximum atomic E-state index is 7.31. The number of likely N-dealkylation sites (tertiary alicyclic amines) is 1. The number of thioether (sulfide) groups is 1. The molecule has 192 valence electrons. The Hall–Kier alpha value is -0.390. The quantitative estimate of drug-likeness (QED) is 0.522. The van der Waals surface area contributed by atoms with Crippen LogP contribution in [0.15, 0.2) is 12.3 Å². The number of piperazine rings is 1. The van der Waals surface area contributed by atoms with Gasteiger partial charge in [-0.2, -0.15) is 0 Å². The highest BCUT2D eigenvalue weighted by Crippen LogP contribution is 2.55. The van der Waals surface area contributed by atoms with E-state index in [2.05, 4.69) is 54.7 Å². The fraction of sp³-hybridized carbons (Fsp3) is 0.920. The van der Waals surface area contributed by atoms with Gasteiger partial charge in [-0.05, 0) is 51.4 Å². The summed E-state index contributed by atoms with van der Waals surface area (Å²) in [6.07, 6.45) is 12.1. The Morgan fingerprint density at radius 1 is 0.853 bits per heavy atom. The molecule has 3 N–H and O–H groups in total. The Bertz CT molecular complexity index is 706. The minimum absolute atomic E-state index is 0.0879. The lowest BCUT2D eigenvalue weighted by Crippen LogP contribution is -2.87. The highest BCUT2D eigenvalue weighted by Gasteiger charge is 2.72. The highest BCUT2D eigenvalue weighted by atomic mass is 32.2. The van der Waals surface area contributed by atoms with E-state index in [1.807, 2.05) is 0 Å². The van der Waals surface area contributed by atoms with Gasteiger partial charge in [0.25, 0.3) is 0 Å². The van der Waals surface area contributed by atoms with Crippen LogP contribution in [0, 0.1) is 5.92 Å². The number of ether oxygens (including phenoxy) is 2. The smallest absolute Gasteiger partial charge is 0.222 e. The molecule has 0 saturated carbocycles. The lowest BCUT2D eigenvalue weighted by molar-refractivity contribution is -0.348. The first kappa shape index (κ1) is 24.0. The first-order valence-corrected chi connectivity index (χ1v) is 14.9. The third-order valence-electron chi connectivity index (χ3n) is 8.92. The summed E-state index contributed by atoms with van der Waals surface area (Å²) >= 11 is 2.13. The highest BCUT2D eigenvalue weighted by molar-refractivity contribution is 8.00. The SMILES string of the molecule is C1=CN(C2(N3CCNCC3)OCCC(C3NCCO3)C2(C2NCCS2)N2CCCCC2)CCC1. The second kappa shape index (κ2) is 10.5. The molecule has 5 saturated heterocycles. The van der Waals surface area contributed by atoms with E-state index in [1.165, 1.54) is 31.4 Å². The molecule has 0 aromatic heterocycles. The van der Waals surface area contributed by atoms with Gasteiger partial charge in [0.1, 0.15) is 11.8 Å². The summed E-state index contributed by atoms with van der Waals surface area (Å²) in [5.41, 5.74) is -0.214. The number of hydrogen-bond acceptors (Lipinski definition) is 9. The predicted octanol–water partition coefficient (Wildman–Crippen LogP) is 1.02. The Kier molecular flexibility index (Phi) is 7.43. The molecule has 5 unspecified atom stereocenters. The van der Waals surface area contributed by atoms with Gasteiger partial charge in [-0.3, -0.25) is 15.1 Å². The van der Waals surface area contributed by atoms with E-state index in [9.17, 15) is 0 Å². The lowest BCUT2D eigenvalue weighted by Gasteiger charge is -2.69. The fourth-order valence-electron chi connectivity index (χ4n) is 7.65. The molecule has 0 bridgehead atoms. The zero-order valence-electron chi connectivity index (χ0n) is 20.7. The number of rotatable bonds is 5. The molecule has 0 aromatic carbocycles. The molecule has 6 heterocycles. The summed E-state index contributed by atoms with van der Waals surface area (Å²) in [5, 5.41) is 11.7. The molecule has 6 aliphatic heterocycles. The number of nitrogens with zero attached hydrogens (tertiary/aromatic N) is 3. The molecule has 0 spiro atoms. The molecule has 5 fully saturated rings. The van der Waals surface area contributed by atoms with Crippen molar-refractivity contribution in [2.75, 3.05) is 77.9 Å². The van der Waals surface area contributed by atoms with Crippen molar-refractivity contribution in [3.8, 4) is 0 Å². The van der Waals surface area contributed by atoms with Crippen molar-refractivity contribution < 1.29 is 9.47 Å². The summed E-state index contributed by atoms with van der Waals surface area (Å²) in [4.78, 5) is 8.22. The number of nitrogens with one attached hydrogen (secondary N) is 3. The van der Waals surface area contributed by atoms with E-state index in [1.54, 1.807) is 0 Å². The molecule has 6 aliphatic rings. The summed E-state index contributed by atoms with van der Waals surface area (Å²) < 4.78 is 13.8. The molecule has 8 nitrogen and oxygen atoms in total. The molecule has 34 heavy (non-hydrogen) atoms. The summed E-state index contributed by atoms with van der Waals surface area (Å²) in [6, 6.07) is 0. The van der Waals surface area contributed by atoms with Crippen LogP contribution < -0.4 is 16.0 Å². The van der Waals surface area contributed by atoms with Gasteiger partial charge in [0, 0.05) is 57.5 Å². The zero-order chi connectivity index (χ0) is 22.8. The van der Waals surface area contributed by atoms with Crippen LogP contribution in [0.5, 0.6) is 0 Å². The fourth-order valence-corrected chi connectivity index (χ4v) is 9.09. The first-order valence-electron chi connectivity index (χ1n) is 13.9. The van der Waals surface area contributed by atoms with Gasteiger partial charge in [0.15, 0.2) is 0 Å². The summed E-state index contributed by atoms with van der Waals surface area (Å²) in [6.45, 7) is 11.1. The third-order valence-corrected chi connectivity index (χ3v) is 10.2. The van der Waals surface area contributed by atoms with E-state index in [4.69, 9.17) is 9.47 Å². The van der Waals surface area contributed by atoms with Gasteiger partial charge >= 0.3 is 0 Å². The number of allylic oxidation sites excluding steroid dienone is 1. The molecular weight excluding hydrogens is 448 g/mol. The van der Waals surface area contributed by atoms with Crippen LogP contribution in [0.2, 0.25) is 0 Å². The Labute approximate surface area is 209 Å². The molecule has 5 atom stereocenters. The van der Waals surface area contributed by atoms with Crippen LogP contribution in [-0.4, -0.2) is 116 Å². The molecular formula is C25H44N6O2S. The molecule has 0 aromatic rings. The molecule has 0 aliphatic carbocycles. The van der Waals surface area contributed by atoms with Crippen molar-refractivity contribution in [3.05, 3.63) is 12.3 Å². The van der Waals surface area contributed by atoms with Crippen LogP contribution in [0.25, 0.3) is 0 Å². The average molecular weight is 493 g/mol. The van der Waals surface area contributed by atoms with E-state index < -0.39 is 5.85 Å². The van der Waals surface area contributed by atoms with Gasteiger partial charge in [0.2, 0.25) is 5.85 Å².